The minimum absolute atomic E-state index is 0.0134. The van der Waals surface area contributed by atoms with Gasteiger partial charge in [-0.25, -0.2) is 0 Å². The third-order valence-corrected chi connectivity index (χ3v) is 3.34. The summed E-state index contributed by atoms with van der Waals surface area (Å²) in [7, 11) is 1.61. The lowest BCUT2D eigenvalue weighted by molar-refractivity contribution is -0.133. The molecule has 0 radical (unpaired) electrons. The third-order valence-electron chi connectivity index (χ3n) is 3.34. The first-order valence-corrected chi connectivity index (χ1v) is 6.47. The van der Waals surface area contributed by atoms with Crippen LogP contribution in [-0.4, -0.2) is 38.9 Å². The highest BCUT2D eigenvalue weighted by atomic mass is 16.5. The van der Waals surface area contributed by atoms with Crippen molar-refractivity contribution >= 4 is 5.91 Å². The Morgan fingerprint density at radius 2 is 2.22 bits per heavy atom. The number of rotatable bonds is 6. The maximum absolute atomic E-state index is 12.3. The van der Waals surface area contributed by atoms with Crippen molar-refractivity contribution < 1.29 is 14.3 Å². The fourth-order valence-corrected chi connectivity index (χ4v) is 2.18. The average molecular weight is 254 g/mol. The second kappa shape index (κ2) is 7.34. The van der Waals surface area contributed by atoms with Gasteiger partial charge in [-0.2, -0.15) is 5.26 Å². The van der Waals surface area contributed by atoms with Crippen molar-refractivity contribution in [3.8, 4) is 6.07 Å². The number of amides is 1. The van der Waals surface area contributed by atoms with E-state index in [0.29, 0.717) is 32.7 Å². The molecular formula is C13H22N2O3. The fourth-order valence-electron chi connectivity index (χ4n) is 2.18. The first-order chi connectivity index (χ1) is 8.68. The van der Waals surface area contributed by atoms with Crippen LogP contribution < -0.4 is 5.32 Å². The topological polar surface area (TPSA) is 71.3 Å². The van der Waals surface area contributed by atoms with Crippen LogP contribution in [0, 0.1) is 16.7 Å². The smallest absolute Gasteiger partial charge is 0.240 e. The van der Waals surface area contributed by atoms with Crippen LogP contribution in [0.25, 0.3) is 0 Å². The quantitative estimate of drug-likeness (QED) is 0.774. The molecule has 1 rings (SSSR count). The normalized spacial score (nSPS) is 19.8. The summed E-state index contributed by atoms with van der Waals surface area (Å²) in [5.74, 6) is -0.177. The van der Waals surface area contributed by atoms with Crippen molar-refractivity contribution in [1.82, 2.24) is 5.32 Å². The maximum Gasteiger partial charge on any atom is 0.240 e. The molecule has 1 aliphatic rings. The minimum Gasteiger partial charge on any atom is -0.383 e. The van der Waals surface area contributed by atoms with Gasteiger partial charge in [-0.05, 0) is 19.3 Å². The monoisotopic (exact) mass is 254 g/mol. The second-order valence-electron chi connectivity index (χ2n) is 4.72. The molecule has 0 aliphatic carbocycles. The molecule has 0 aromatic carbocycles. The molecule has 5 heteroatoms. The Morgan fingerprint density at radius 3 is 2.72 bits per heavy atom. The molecule has 18 heavy (non-hydrogen) atoms. The molecule has 0 saturated carbocycles. The molecule has 1 aliphatic heterocycles. The van der Waals surface area contributed by atoms with E-state index in [0.717, 1.165) is 12.8 Å². The Hall–Kier alpha value is -1.12. The summed E-state index contributed by atoms with van der Waals surface area (Å²) in [6.45, 7) is 3.49. The van der Waals surface area contributed by atoms with Crippen molar-refractivity contribution in [2.24, 2.45) is 5.41 Å². The van der Waals surface area contributed by atoms with Gasteiger partial charge in [-0.1, -0.05) is 13.3 Å². The predicted molar refractivity (Wildman–Crippen MR) is 66.8 cm³/mol. The van der Waals surface area contributed by atoms with Gasteiger partial charge in [0.05, 0.1) is 18.7 Å². The van der Waals surface area contributed by atoms with E-state index in [4.69, 9.17) is 9.47 Å². The van der Waals surface area contributed by atoms with Gasteiger partial charge < -0.3 is 14.8 Å². The summed E-state index contributed by atoms with van der Waals surface area (Å²) in [6, 6.07) is 2.16. The summed E-state index contributed by atoms with van der Waals surface area (Å²) in [5, 5.41) is 12.2. The van der Waals surface area contributed by atoms with Gasteiger partial charge in [-0.15, -0.1) is 0 Å². The van der Waals surface area contributed by atoms with Crippen LogP contribution in [0.15, 0.2) is 0 Å². The number of ether oxygens (including phenoxy) is 2. The largest absolute Gasteiger partial charge is 0.383 e. The number of nitrogens with zero attached hydrogens (tertiary/aromatic N) is 1. The zero-order valence-corrected chi connectivity index (χ0v) is 11.2. The third kappa shape index (κ3) is 3.69. The van der Waals surface area contributed by atoms with Crippen LogP contribution in [0.1, 0.15) is 32.6 Å². The van der Waals surface area contributed by atoms with Crippen molar-refractivity contribution in [3.05, 3.63) is 0 Å². The molecule has 1 unspecified atom stereocenters. The summed E-state index contributed by atoms with van der Waals surface area (Å²) in [5.41, 5.74) is -0.919. The molecule has 0 aromatic rings. The number of carbonyl (C=O) groups excluding carboxylic acids is 1. The Kier molecular flexibility index (Phi) is 6.10. The summed E-state index contributed by atoms with van der Waals surface area (Å²) in [6.07, 6.45) is 2.77. The van der Waals surface area contributed by atoms with Crippen LogP contribution in [0.3, 0.4) is 0 Å². The van der Waals surface area contributed by atoms with Crippen molar-refractivity contribution in [1.29, 1.82) is 5.26 Å². The lowest BCUT2D eigenvalue weighted by Crippen LogP contribution is -2.48. The van der Waals surface area contributed by atoms with Gasteiger partial charge in [0.15, 0.2) is 0 Å². The number of nitriles is 1. The van der Waals surface area contributed by atoms with E-state index >= 15 is 0 Å². The molecule has 1 heterocycles. The Balaban J connectivity index is 2.63. The Labute approximate surface area is 108 Å². The van der Waals surface area contributed by atoms with Gasteiger partial charge in [-0.3, -0.25) is 4.79 Å². The molecule has 1 saturated heterocycles. The first-order valence-electron chi connectivity index (χ1n) is 6.47. The predicted octanol–water partition coefficient (Wildman–Crippen LogP) is 1.24. The summed E-state index contributed by atoms with van der Waals surface area (Å²) in [4.78, 5) is 12.3. The molecular weight excluding hydrogens is 232 g/mol. The van der Waals surface area contributed by atoms with E-state index in [-0.39, 0.29) is 11.9 Å². The first kappa shape index (κ1) is 14.9. The van der Waals surface area contributed by atoms with E-state index in [1.165, 1.54) is 0 Å². The molecule has 1 amide bonds. The summed E-state index contributed by atoms with van der Waals surface area (Å²) < 4.78 is 10.3. The van der Waals surface area contributed by atoms with Crippen molar-refractivity contribution in [3.63, 3.8) is 0 Å². The lowest BCUT2D eigenvalue weighted by Gasteiger charge is -2.31. The highest BCUT2D eigenvalue weighted by Gasteiger charge is 2.41. The van der Waals surface area contributed by atoms with Crippen LogP contribution in [0.5, 0.6) is 0 Å². The zero-order valence-electron chi connectivity index (χ0n) is 11.2. The Morgan fingerprint density at radius 1 is 1.56 bits per heavy atom. The van der Waals surface area contributed by atoms with Crippen LogP contribution >= 0.6 is 0 Å². The molecule has 1 fully saturated rings. The summed E-state index contributed by atoms with van der Waals surface area (Å²) >= 11 is 0. The van der Waals surface area contributed by atoms with E-state index in [9.17, 15) is 10.1 Å². The van der Waals surface area contributed by atoms with Gasteiger partial charge in [0.1, 0.15) is 5.41 Å². The van der Waals surface area contributed by atoms with Gasteiger partial charge in [0, 0.05) is 20.3 Å². The molecule has 5 nitrogen and oxygen atoms in total. The molecule has 0 aromatic heterocycles. The van der Waals surface area contributed by atoms with Crippen LogP contribution in [0.2, 0.25) is 0 Å². The van der Waals surface area contributed by atoms with E-state index in [2.05, 4.69) is 18.3 Å². The number of carbonyl (C=O) groups is 1. The Bertz CT molecular complexity index is 300. The van der Waals surface area contributed by atoms with E-state index in [1.54, 1.807) is 7.11 Å². The van der Waals surface area contributed by atoms with E-state index < -0.39 is 5.41 Å². The number of methoxy groups -OCH3 is 1. The molecule has 0 bridgehead atoms. The lowest BCUT2D eigenvalue weighted by atomic mass is 9.80. The van der Waals surface area contributed by atoms with Crippen molar-refractivity contribution in [2.75, 3.05) is 26.9 Å². The van der Waals surface area contributed by atoms with E-state index in [1.807, 2.05) is 0 Å². The zero-order chi connectivity index (χ0) is 13.4. The maximum atomic E-state index is 12.3. The highest BCUT2D eigenvalue weighted by molar-refractivity contribution is 5.85. The minimum atomic E-state index is -0.919. The number of hydrogen-bond acceptors (Lipinski definition) is 4. The molecule has 1 N–H and O–H groups in total. The average Bonchev–Trinajstić information content (AvgIpc) is 2.40. The van der Waals surface area contributed by atoms with Crippen LogP contribution in [0.4, 0.5) is 0 Å². The number of hydrogen-bond donors (Lipinski definition) is 1. The SMILES string of the molecule is CCCC(COC)NC(=O)C1(C#N)CCOCC1. The van der Waals surface area contributed by atoms with Crippen LogP contribution in [-0.2, 0) is 14.3 Å². The fraction of sp³-hybridized carbons (Fsp3) is 0.846. The molecule has 1 atom stereocenters. The standard InChI is InChI=1S/C13H22N2O3/c1-3-4-11(9-17-2)15-12(16)13(10-14)5-7-18-8-6-13/h11H,3-9H2,1-2H3,(H,15,16). The van der Waals surface area contributed by atoms with Crippen molar-refractivity contribution in [2.45, 2.75) is 38.6 Å². The van der Waals surface area contributed by atoms with Gasteiger partial charge in [0.2, 0.25) is 5.91 Å². The molecule has 102 valence electrons. The molecule has 0 spiro atoms. The second-order valence-corrected chi connectivity index (χ2v) is 4.72. The number of nitrogens with one attached hydrogen (secondary N) is 1. The van der Waals surface area contributed by atoms with Gasteiger partial charge in [0.25, 0.3) is 0 Å². The van der Waals surface area contributed by atoms with Gasteiger partial charge >= 0.3 is 0 Å². The highest BCUT2D eigenvalue weighted by Crippen LogP contribution is 2.30.